The smallest absolute Gasteiger partial charge is 0.335 e. The number of rotatable bonds is 5. The lowest BCUT2D eigenvalue weighted by molar-refractivity contribution is 0.0697. The average molecular weight is 251 g/mol. The zero-order chi connectivity index (χ0) is 13.8. The van der Waals surface area contributed by atoms with Crippen LogP contribution in [0, 0.1) is 5.41 Å². The Morgan fingerprint density at radius 3 is 2.56 bits per heavy atom. The number of aromatic carboxylic acids is 1. The number of hydrogen-bond donors (Lipinski definition) is 2. The summed E-state index contributed by atoms with van der Waals surface area (Å²) in [6, 6.07) is 4.81. The highest BCUT2D eigenvalue weighted by atomic mass is 16.5. The Balaban J connectivity index is 2.78. The summed E-state index contributed by atoms with van der Waals surface area (Å²) in [4.78, 5) is 10.9. The first kappa shape index (κ1) is 14.4. The molecular weight excluding hydrogens is 230 g/mol. The Morgan fingerprint density at radius 2 is 2.06 bits per heavy atom. The highest BCUT2D eigenvalue weighted by Gasteiger charge is 2.12. The van der Waals surface area contributed by atoms with E-state index in [9.17, 15) is 4.79 Å². The van der Waals surface area contributed by atoms with Gasteiger partial charge in [0.2, 0.25) is 0 Å². The van der Waals surface area contributed by atoms with E-state index in [4.69, 9.17) is 9.84 Å². The zero-order valence-corrected chi connectivity index (χ0v) is 11.4. The highest BCUT2D eigenvalue weighted by molar-refractivity contribution is 5.89. The van der Waals surface area contributed by atoms with Gasteiger partial charge in [0.1, 0.15) is 5.75 Å². The Hall–Kier alpha value is -1.71. The summed E-state index contributed by atoms with van der Waals surface area (Å²) in [6.07, 6.45) is 0.994. The molecule has 0 unspecified atom stereocenters. The molecule has 1 aromatic carbocycles. The van der Waals surface area contributed by atoms with Crippen molar-refractivity contribution in [2.45, 2.75) is 27.2 Å². The van der Waals surface area contributed by atoms with Crippen LogP contribution in [0.3, 0.4) is 0 Å². The Labute approximate surface area is 108 Å². The normalized spacial score (nSPS) is 11.1. The van der Waals surface area contributed by atoms with Gasteiger partial charge in [-0.1, -0.05) is 20.8 Å². The second-order valence-electron chi connectivity index (χ2n) is 5.46. The van der Waals surface area contributed by atoms with E-state index in [1.54, 1.807) is 19.2 Å². The number of ether oxygens (including phenoxy) is 1. The van der Waals surface area contributed by atoms with Crippen LogP contribution in [-0.4, -0.2) is 24.7 Å². The van der Waals surface area contributed by atoms with Crippen molar-refractivity contribution in [3.05, 3.63) is 23.8 Å². The second-order valence-corrected chi connectivity index (χ2v) is 5.46. The number of benzene rings is 1. The van der Waals surface area contributed by atoms with Crippen LogP contribution in [0.15, 0.2) is 18.2 Å². The minimum atomic E-state index is -0.934. The fourth-order valence-corrected chi connectivity index (χ4v) is 1.55. The molecule has 0 aliphatic heterocycles. The van der Waals surface area contributed by atoms with E-state index in [0.29, 0.717) is 5.75 Å². The SMILES string of the molecule is COc1ccc(C(=O)O)cc1NCCC(C)(C)C. The van der Waals surface area contributed by atoms with Gasteiger partial charge < -0.3 is 15.2 Å². The van der Waals surface area contributed by atoms with Crippen LogP contribution in [0.4, 0.5) is 5.69 Å². The molecule has 0 spiro atoms. The maximum atomic E-state index is 10.9. The molecule has 100 valence electrons. The van der Waals surface area contributed by atoms with E-state index in [2.05, 4.69) is 26.1 Å². The summed E-state index contributed by atoms with van der Waals surface area (Å²) in [6.45, 7) is 7.28. The van der Waals surface area contributed by atoms with E-state index < -0.39 is 5.97 Å². The number of anilines is 1. The fourth-order valence-electron chi connectivity index (χ4n) is 1.55. The van der Waals surface area contributed by atoms with Gasteiger partial charge in [0.25, 0.3) is 0 Å². The molecule has 4 heteroatoms. The average Bonchev–Trinajstić information content (AvgIpc) is 2.27. The Morgan fingerprint density at radius 1 is 1.39 bits per heavy atom. The number of carboxylic acids is 1. The maximum absolute atomic E-state index is 10.9. The third-order valence-corrected chi connectivity index (χ3v) is 2.64. The maximum Gasteiger partial charge on any atom is 0.335 e. The number of carbonyl (C=O) groups is 1. The molecule has 18 heavy (non-hydrogen) atoms. The number of carboxylic acid groups (broad SMARTS) is 1. The predicted octanol–water partition coefficient (Wildman–Crippen LogP) is 3.24. The number of methoxy groups -OCH3 is 1. The Kier molecular flexibility index (Phi) is 4.59. The quantitative estimate of drug-likeness (QED) is 0.843. The molecule has 4 nitrogen and oxygen atoms in total. The lowest BCUT2D eigenvalue weighted by atomic mass is 9.92. The van der Waals surface area contributed by atoms with Crippen molar-refractivity contribution >= 4 is 11.7 Å². The summed E-state index contributed by atoms with van der Waals surface area (Å²) in [7, 11) is 1.57. The third kappa shape index (κ3) is 4.28. The van der Waals surface area contributed by atoms with Gasteiger partial charge in [-0.25, -0.2) is 4.79 Å². The number of nitrogens with one attached hydrogen (secondary N) is 1. The van der Waals surface area contributed by atoms with Crippen molar-refractivity contribution in [1.29, 1.82) is 0 Å². The van der Waals surface area contributed by atoms with E-state index in [1.165, 1.54) is 6.07 Å². The van der Waals surface area contributed by atoms with Crippen LogP contribution in [0.25, 0.3) is 0 Å². The van der Waals surface area contributed by atoms with E-state index in [-0.39, 0.29) is 11.0 Å². The molecule has 0 heterocycles. The minimum absolute atomic E-state index is 0.241. The van der Waals surface area contributed by atoms with E-state index >= 15 is 0 Å². The molecule has 0 radical (unpaired) electrons. The van der Waals surface area contributed by atoms with Crippen molar-refractivity contribution in [3.63, 3.8) is 0 Å². The molecular formula is C14H21NO3. The summed E-state index contributed by atoms with van der Waals surface area (Å²) in [5, 5.41) is 12.2. The van der Waals surface area contributed by atoms with Crippen LogP contribution >= 0.6 is 0 Å². The van der Waals surface area contributed by atoms with Crippen molar-refractivity contribution in [2.75, 3.05) is 19.0 Å². The van der Waals surface area contributed by atoms with E-state index in [1.807, 2.05) is 0 Å². The molecule has 0 saturated carbocycles. The van der Waals surface area contributed by atoms with Crippen molar-refractivity contribution in [1.82, 2.24) is 0 Å². The van der Waals surface area contributed by atoms with Gasteiger partial charge in [-0.3, -0.25) is 0 Å². The summed E-state index contributed by atoms with van der Waals surface area (Å²) < 4.78 is 5.21. The van der Waals surface area contributed by atoms with Crippen LogP contribution < -0.4 is 10.1 Å². The summed E-state index contributed by atoms with van der Waals surface area (Å²) in [5.74, 6) is -0.273. The van der Waals surface area contributed by atoms with E-state index in [0.717, 1.165) is 18.7 Å². The minimum Gasteiger partial charge on any atom is -0.495 e. The molecule has 0 bridgehead atoms. The van der Waals surface area contributed by atoms with Gasteiger partial charge in [0.15, 0.2) is 0 Å². The van der Waals surface area contributed by atoms with Crippen LogP contribution in [-0.2, 0) is 0 Å². The van der Waals surface area contributed by atoms with Gasteiger partial charge in [0, 0.05) is 6.54 Å². The van der Waals surface area contributed by atoms with Gasteiger partial charge >= 0.3 is 5.97 Å². The lowest BCUT2D eigenvalue weighted by Crippen LogP contribution is -2.13. The van der Waals surface area contributed by atoms with Gasteiger partial charge in [0.05, 0.1) is 18.4 Å². The highest BCUT2D eigenvalue weighted by Crippen LogP contribution is 2.26. The Bertz CT molecular complexity index is 422. The molecule has 0 fully saturated rings. The number of hydrogen-bond acceptors (Lipinski definition) is 3. The van der Waals surface area contributed by atoms with Crippen molar-refractivity contribution in [3.8, 4) is 5.75 Å². The molecule has 0 aromatic heterocycles. The summed E-state index contributed by atoms with van der Waals surface area (Å²) in [5.41, 5.74) is 1.22. The van der Waals surface area contributed by atoms with Crippen LogP contribution in [0.1, 0.15) is 37.6 Å². The molecule has 1 rings (SSSR count). The van der Waals surface area contributed by atoms with Crippen LogP contribution in [0.2, 0.25) is 0 Å². The summed E-state index contributed by atoms with van der Waals surface area (Å²) >= 11 is 0. The molecule has 2 N–H and O–H groups in total. The topological polar surface area (TPSA) is 58.6 Å². The first-order chi connectivity index (χ1) is 8.33. The molecule has 0 atom stereocenters. The first-order valence-electron chi connectivity index (χ1n) is 5.99. The molecule has 0 aliphatic rings. The van der Waals surface area contributed by atoms with Crippen molar-refractivity contribution in [2.24, 2.45) is 5.41 Å². The van der Waals surface area contributed by atoms with Gasteiger partial charge in [-0.2, -0.15) is 0 Å². The standard InChI is InChI=1S/C14H21NO3/c1-14(2,3)7-8-15-11-9-10(13(16)17)5-6-12(11)18-4/h5-6,9,15H,7-8H2,1-4H3,(H,16,17). The lowest BCUT2D eigenvalue weighted by Gasteiger charge is -2.19. The van der Waals surface area contributed by atoms with Crippen molar-refractivity contribution < 1.29 is 14.6 Å². The predicted molar refractivity (Wildman–Crippen MR) is 72.5 cm³/mol. The van der Waals surface area contributed by atoms with Gasteiger partial charge in [-0.05, 0) is 30.0 Å². The molecule has 1 aromatic rings. The third-order valence-electron chi connectivity index (χ3n) is 2.64. The second kappa shape index (κ2) is 5.76. The van der Waals surface area contributed by atoms with Gasteiger partial charge in [-0.15, -0.1) is 0 Å². The molecule has 0 amide bonds. The zero-order valence-electron chi connectivity index (χ0n) is 11.4. The molecule has 0 saturated heterocycles. The largest absolute Gasteiger partial charge is 0.495 e. The first-order valence-corrected chi connectivity index (χ1v) is 5.99. The fraction of sp³-hybridized carbons (Fsp3) is 0.500. The molecule has 0 aliphatic carbocycles. The monoisotopic (exact) mass is 251 g/mol. The van der Waals surface area contributed by atoms with Crippen LogP contribution in [0.5, 0.6) is 5.75 Å².